The molecule has 1 saturated heterocycles. The Morgan fingerprint density at radius 3 is 2.82 bits per heavy atom. The Hall–Kier alpha value is 0.180. The summed E-state index contributed by atoms with van der Waals surface area (Å²) in [5, 5.41) is 0. The molecular weight excluding hydrogens is 258 g/mol. The molecule has 17 heavy (non-hydrogen) atoms. The van der Waals surface area contributed by atoms with E-state index in [0.717, 1.165) is 18.6 Å². The first-order valence-electron chi connectivity index (χ1n) is 5.92. The first kappa shape index (κ1) is 15.2. The quantitative estimate of drug-likeness (QED) is 0.755. The van der Waals surface area contributed by atoms with Gasteiger partial charge in [0, 0.05) is 32.4 Å². The van der Waals surface area contributed by atoms with Crippen LogP contribution >= 0.6 is 11.8 Å². The Morgan fingerprint density at radius 1 is 1.53 bits per heavy atom. The van der Waals surface area contributed by atoms with Crippen LogP contribution in [0.5, 0.6) is 0 Å². The van der Waals surface area contributed by atoms with E-state index in [1.165, 1.54) is 4.31 Å². The van der Waals surface area contributed by atoms with Crippen LogP contribution in [-0.2, 0) is 10.2 Å². The number of piperidine rings is 1. The Bertz CT molecular complexity index is 322. The molecular formula is C10H23N3O2S2. The average molecular weight is 281 g/mol. The van der Waals surface area contributed by atoms with E-state index < -0.39 is 10.2 Å². The third-order valence-corrected chi connectivity index (χ3v) is 5.69. The molecule has 5 nitrogen and oxygen atoms in total. The van der Waals surface area contributed by atoms with Crippen LogP contribution in [0.2, 0.25) is 0 Å². The van der Waals surface area contributed by atoms with Crippen LogP contribution in [0, 0.1) is 5.92 Å². The van der Waals surface area contributed by atoms with Crippen LogP contribution in [0.3, 0.4) is 0 Å². The smallest absolute Gasteiger partial charge is 0.281 e. The minimum absolute atomic E-state index is 0.312. The molecule has 102 valence electrons. The van der Waals surface area contributed by atoms with Crippen molar-refractivity contribution in [1.29, 1.82) is 0 Å². The van der Waals surface area contributed by atoms with Crippen LogP contribution in [-0.4, -0.2) is 62.3 Å². The van der Waals surface area contributed by atoms with Crippen LogP contribution < -0.4 is 5.73 Å². The van der Waals surface area contributed by atoms with Crippen LogP contribution in [0.1, 0.15) is 12.8 Å². The molecule has 1 atom stereocenters. The summed E-state index contributed by atoms with van der Waals surface area (Å²) in [5.74, 6) is 1.14. The molecule has 0 bridgehead atoms. The van der Waals surface area contributed by atoms with Crippen molar-refractivity contribution in [3.63, 3.8) is 0 Å². The van der Waals surface area contributed by atoms with Crippen molar-refractivity contribution in [3.8, 4) is 0 Å². The van der Waals surface area contributed by atoms with Gasteiger partial charge in [0.05, 0.1) is 0 Å². The zero-order chi connectivity index (χ0) is 12.9. The van der Waals surface area contributed by atoms with Crippen molar-refractivity contribution in [3.05, 3.63) is 0 Å². The summed E-state index contributed by atoms with van der Waals surface area (Å²) in [6.45, 7) is 2.33. The highest BCUT2D eigenvalue weighted by molar-refractivity contribution is 7.98. The minimum atomic E-state index is -3.28. The van der Waals surface area contributed by atoms with E-state index in [4.69, 9.17) is 5.73 Å². The highest BCUT2D eigenvalue weighted by Gasteiger charge is 2.30. The topological polar surface area (TPSA) is 66.6 Å². The molecule has 0 aromatic carbocycles. The van der Waals surface area contributed by atoms with E-state index >= 15 is 0 Å². The van der Waals surface area contributed by atoms with E-state index in [1.807, 2.05) is 6.26 Å². The van der Waals surface area contributed by atoms with Crippen molar-refractivity contribution in [2.75, 3.05) is 45.2 Å². The van der Waals surface area contributed by atoms with Crippen molar-refractivity contribution >= 4 is 22.0 Å². The lowest BCUT2D eigenvalue weighted by atomic mass is 10.0. The number of hydrogen-bond acceptors (Lipinski definition) is 4. The lowest BCUT2D eigenvalue weighted by Crippen LogP contribution is -2.48. The van der Waals surface area contributed by atoms with Crippen molar-refractivity contribution in [2.45, 2.75) is 12.8 Å². The van der Waals surface area contributed by atoms with Gasteiger partial charge in [-0.25, -0.2) is 0 Å². The number of nitrogens with two attached hydrogens (primary N) is 1. The van der Waals surface area contributed by atoms with E-state index in [2.05, 4.69) is 0 Å². The molecule has 0 radical (unpaired) electrons. The molecule has 1 rings (SSSR count). The second kappa shape index (κ2) is 6.94. The summed E-state index contributed by atoms with van der Waals surface area (Å²) >= 11 is 1.65. The summed E-state index contributed by atoms with van der Waals surface area (Å²) < 4.78 is 27.5. The predicted molar refractivity (Wildman–Crippen MR) is 73.3 cm³/mol. The number of rotatable bonds is 6. The summed E-state index contributed by atoms with van der Waals surface area (Å²) in [6.07, 6.45) is 3.93. The third kappa shape index (κ3) is 4.10. The minimum Gasteiger partial charge on any atom is -0.330 e. The van der Waals surface area contributed by atoms with Crippen LogP contribution in [0.25, 0.3) is 0 Å². The van der Waals surface area contributed by atoms with Gasteiger partial charge in [0.1, 0.15) is 0 Å². The van der Waals surface area contributed by atoms with Crippen molar-refractivity contribution < 1.29 is 8.42 Å². The molecule has 2 N–H and O–H groups in total. The molecule has 1 aliphatic heterocycles. The molecule has 0 amide bonds. The molecule has 1 heterocycles. The maximum absolute atomic E-state index is 12.3. The van der Waals surface area contributed by atoms with E-state index in [-0.39, 0.29) is 0 Å². The zero-order valence-electron chi connectivity index (χ0n) is 10.6. The van der Waals surface area contributed by atoms with Crippen molar-refractivity contribution in [2.24, 2.45) is 11.7 Å². The van der Waals surface area contributed by atoms with Crippen molar-refractivity contribution in [1.82, 2.24) is 8.61 Å². The molecule has 7 heteroatoms. The highest BCUT2D eigenvalue weighted by atomic mass is 32.2. The van der Waals surface area contributed by atoms with Gasteiger partial charge in [0.2, 0.25) is 0 Å². The molecule has 0 aromatic heterocycles. The summed E-state index contributed by atoms with van der Waals surface area (Å²) in [5.41, 5.74) is 5.63. The SMILES string of the molecule is CSCCN(C)S(=O)(=O)N1CCCC(CN)C1. The molecule has 0 aliphatic carbocycles. The second-order valence-electron chi connectivity index (χ2n) is 4.42. The predicted octanol–water partition coefficient (Wildman–Crippen LogP) is 0.197. The maximum atomic E-state index is 12.3. The van der Waals surface area contributed by atoms with Gasteiger partial charge in [-0.15, -0.1) is 0 Å². The Labute approximate surface area is 109 Å². The van der Waals surface area contributed by atoms with Crippen LogP contribution in [0.4, 0.5) is 0 Å². The number of hydrogen-bond donors (Lipinski definition) is 1. The zero-order valence-corrected chi connectivity index (χ0v) is 12.3. The number of thioether (sulfide) groups is 1. The van der Waals surface area contributed by atoms with Gasteiger partial charge in [0.15, 0.2) is 0 Å². The van der Waals surface area contributed by atoms with E-state index in [9.17, 15) is 8.42 Å². The second-order valence-corrected chi connectivity index (χ2v) is 7.45. The summed E-state index contributed by atoms with van der Waals surface area (Å²) in [7, 11) is -1.63. The van der Waals surface area contributed by atoms with Gasteiger partial charge in [-0.1, -0.05) is 0 Å². The lowest BCUT2D eigenvalue weighted by molar-refractivity contribution is 0.257. The van der Waals surface area contributed by atoms with Gasteiger partial charge < -0.3 is 5.73 Å². The van der Waals surface area contributed by atoms with Gasteiger partial charge in [-0.3, -0.25) is 0 Å². The van der Waals surface area contributed by atoms with Gasteiger partial charge in [-0.05, 0) is 31.6 Å². The number of nitrogens with zero attached hydrogens (tertiary/aromatic N) is 2. The molecule has 1 fully saturated rings. The highest BCUT2D eigenvalue weighted by Crippen LogP contribution is 2.19. The largest absolute Gasteiger partial charge is 0.330 e. The monoisotopic (exact) mass is 281 g/mol. The first-order valence-corrected chi connectivity index (χ1v) is 8.72. The average Bonchev–Trinajstić information content (AvgIpc) is 2.35. The van der Waals surface area contributed by atoms with E-state index in [0.29, 0.717) is 32.1 Å². The fourth-order valence-electron chi connectivity index (χ4n) is 1.96. The fraction of sp³-hybridized carbons (Fsp3) is 1.00. The van der Waals surface area contributed by atoms with Gasteiger partial charge in [0.25, 0.3) is 10.2 Å². The lowest BCUT2D eigenvalue weighted by Gasteiger charge is -2.33. The van der Waals surface area contributed by atoms with Gasteiger partial charge >= 0.3 is 0 Å². The van der Waals surface area contributed by atoms with Crippen LogP contribution in [0.15, 0.2) is 0 Å². The third-order valence-electron chi connectivity index (χ3n) is 3.15. The standard InChI is InChI=1S/C10H23N3O2S2/c1-12(6-7-16-2)17(14,15)13-5-3-4-10(8-11)9-13/h10H,3-9,11H2,1-2H3. The summed E-state index contributed by atoms with van der Waals surface area (Å²) in [4.78, 5) is 0. The van der Waals surface area contributed by atoms with Gasteiger partial charge in [-0.2, -0.15) is 28.8 Å². The fourth-order valence-corrected chi connectivity index (χ4v) is 4.01. The molecule has 0 aromatic rings. The maximum Gasteiger partial charge on any atom is 0.281 e. The molecule has 1 unspecified atom stereocenters. The molecule has 0 saturated carbocycles. The Balaban J connectivity index is 2.62. The first-order chi connectivity index (χ1) is 8.02. The summed E-state index contributed by atoms with van der Waals surface area (Å²) in [6, 6.07) is 0. The Morgan fingerprint density at radius 2 is 2.24 bits per heavy atom. The normalized spacial score (nSPS) is 23.2. The molecule has 0 spiro atoms. The molecule has 1 aliphatic rings. The Kier molecular flexibility index (Phi) is 6.22. The van der Waals surface area contributed by atoms with E-state index in [1.54, 1.807) is 23.1 Å².